The van der Waals surface area contributed by atoms with Crippen molar-refractivity contribution in [3.8, 4) is 0 Å². The van der Waals surface area contributed by atoms with Crippen LogP contribution in [0.3, 0.4) is 0 Å². The summed E-state index contributed by atoms with van der Waals surface area (Å²) in [6.07, 6.45) is 7.18. The van der Waals surface area contributed by atoms with E-state index < -0.39 is 0 Å². The van der Waals surface area contributed by atoms with Crippen LogP contribution in [0.25, 0.3) is 11.0 Å². The normalized spacial score (nSPS) is 16.9. The molecule has 1 fully saturated rings. The smallest absolute Gasteiger partial charge is 0.112 e. The molecule has 1 aliphatic rings. The van der Waals surface area contributed by atoms with E-state index in [4.69, 9.17) is 21.7 Å². The van der Waals surface area contributed by atoms with Gasteiger partial charge in [-0.05, 0) is 37.5 Å². The SMILES string of the molecule is OCCCn1c(C2CCCCC2)nc2cc(Cl)ccc21. The Hall–Kier alpha value is -1.06. The molecule has 20 heavy (non-hydrogen) atoms. The first-order chi connectivity index (χ1) is 9.79. The molecule has 0 amide bonds. The molecule has 1 heterocycles. The summed E-state index contributed by atoms with van der Waals surface area (Å²) in [4.78, 5) is 4.85. The number of halogens is 1. The quantitative estimate of drug-likeness (QED) is 0.920. The third-order valence-electron chi connectivity index (χ3n) is 4.25. The van der Waals surface area contributed by atoms with E-state index in [9.17, 15) is 0 Å². The highest BCUT2D eigenvalue weighted by Gasteiger charge is 2.22. The average molecular weight is 293 g/mol. The second-order valence-corrected chi connectivity index (χ2v) is 6.10. The molecule has 1 aromatic carbocycles. The van der Waals surface area contributed by atoms with Gasteiger partial charge >= 0.3 is 0 Å². The first-order valence-corrected chi connectivity index (χ1v) is 7.94. The van der Waals surface area contributed by atoms with Crippen LogP contribution in [0.4, 0.5) is 0 Å². The monoisotopic (exact) mass is 292 g/mol. The fourth-order valence-corrected chi connectivity index (χ4v) is 3.42. The molecule has 2 aromatic rings. The molecule has 1 N–H and O–H groups in total. The van der Waals surface area contributed by atoms with Crippen LogP contribution in [0, 0.1) is 0 Å². The van der Waals surface area contributed by atoms with Crippen LogP contribution in [-0.4, -0.2) is 21.3 Å². The van der Waals surface area contributed by atoms with Crippen molar-refractivity contribution < 1.29 is 5.11 Å². The fraction of sp³-hybridized carbons (Fsp3) is 0.562. The van der Waals surface area contributed by atoms with Gasteiger partial charge in [-0.25, -0.2) is 4.98 Å². The van der Waals surface area contributed by atoms with Crippen LogP contribution < -0.4 is 0 Å². The summed E-state index contributed by atoms with van der Waals surface area (Å²) in [6.45, 7) is 1.05. The molecule has 0 saturated heterocycles. The van der Waals surface area contributed by atoms with E-state index in [1.165, 1.54) is 37.9 Å². The van der Waals surface area contributed by atoms with E-state index >= 15 is 0 Å². The van der Waals surface area contributed by atoms with Crippen LogP contribution in [-0.2, 0) is 6.54 Å². The van der Waals surface area contributed by atoms with Crippen molar-refractivity contribution >= 4 is 22.6 Å². The van der Waals surface area contributed by atoms with Crippen molar-refractivity contribution in [1.29, 1.82) is 0 Å². The van der Waals surface area contributed by atoms with E-state index in [0.717, 1.165) is 29.0 Å². The first kappa shape index (κ1) is 13.9. The number of imidazole rings is 1. The van der Waals surface area contributed by atoms with Crippen LogP contribution in [0.15, 0.2) is 18.2 Å². The molecule has 1 aromatic heterocycles. The van der Waals surface area contributed by atoms with Gasteiger partial charge in [0.15, 0.2) is 0 Å². The molecular formula is C16H21ClN2O. The van der Waals surface area contributed by atoms with Gasteiger partial charge in [0.25, 0.3) is 0 Å². The predicted molar refractivity (Wildman–Crippen MR) is 82.3 cm³/mol. The fourth-order valence-electron chi connectivity index (χ4n) is 3.26. The second-order valence-electron chi connectivity index (χ2n) is 5.67. The van der Waals surface area contributed by atoms with E-state index in [-0.39, 0.29) is 6.61 Å². The Labute approximate surface area is 124 Å². The van der Waals surface area contributed by atoms with E-state index in [0.29, 0.717) is 5.92 Å². The van der Waals surface area contributed by atoms with Gasteiger partial charge in [0.05, 0.1) is 11.0 Å². The number of aliphatic hydroxyl groups excluding tert-OH is 1. The number of hydrogen-bond donors (Lipinski definition) is 1. The first-order valence-electron chi connectivity index (χ1n) is 7.56. The van der Waals surface area contributed by atoms with Gasteiger partial charge in [0.1, 0.15) is 5.82 Å². The number of nitrogens with zero attached hydrogens (tertiary/aromatic N) is 2. The summed E-state index contributed by atoms with van der Waals surface area (Å²) in [6, 6.07) is 5.92. The van der Waals surface area contributed by atoms with E-state index in [1.54, 1.807) is 0 Å². The molecular weight excluding hydrogens is 272 g/mol. The van der Waals surface area contributed by atoms with Gasteiger partial charge in [-0.3, -0.25) is 0 Å². The number of benzene rings is 1. The molecule has 4 heteroatoms. The molecule has 0 spiro atoms. The summed E-state index contributed by atoms with van der Waals surface area (Å²) >= 11 is 6.08. The summed E-state index contributed by atoms with van der Waals surface area (Å²) in [5, 5.41) is 9.86. The van der Waals surface area contributed by atoms with Crippen molar-refractivity contribution in [3.05, 3.63) is 29.0 Å². The van der Waals surface area contributed by atoms with Gasteiger partial charge in [-0.15, -0.1) is 0 Å². The summed E-state index contributed by atoms with van der Waals surface area (Å²) in [5.41, 5.74) is 2.12. The maximum atomic E-state index is 9.13. The van der Waals surface area contributed by atoms with Crippen LogP contribution in [0.5, 0.6) is 0 Å². The van der Waals surface area contributed by atoms with Crippen molar-refractivity contribution in [2.75, 3.05) is 6.61 Å². The van der Waals surface area contributed by atoms with Gasteiger partial charge in [0.2, 0.25) is 0 Å². The zero-order chi connectivity index (χ0) is 13.9. The Morgan fingerprint density at radius 2 is 2.05 bits per heavy atom. The second kappa shape index (κ2) is 6.15. The minimum absolute atomic E-state index is 0.220. The Bertz CT molecular complexity index is 587. The molecule has 3 nitrogen and oxygen atoms in total. The summed E-state index contributed by atoms with van der Waals surface area (Å²) < 4.78 is 2.29. The van der Waals surface area contributed by atoms with Crippen LogP contribution in [0.1, 0.15) is 50.3 Å². The largest absolute Gasteiger partial charge is 0.396 e. The lowest BCUT2D eigenvalue weighted by Crippen LogP contribution is -2.13. The lowest BCUT2D eigenvalue weighted by atomic mass is 9.88. The summed E-state index contributed by atoms with van der Waals surface area (Å²) in [5.74, 6) is 1.75. The molecule has 1 saturated carbocycles. The predicted octanol–water partition coefficient (Wildman–Crippen LogP) is 4.12. The van der Waals surface area contributed by atoms with Crippen LogP contribution in [0.2, 0.25) is 5.02 Å². The molecule has 0 bridgehead atoms. The molecule has 1 aliphatic carbocycles. The minimum atomic E-state index is 0.220. The molecule has 108 valence electrons. The number of aliphatic hydroxyl groups is 1. The summed E-state index contributed by atoms with van der Waals surface area (Å²) in [7, 11) is 0. The van der Waals surface area contributed by atoms with Gasteiger partial charge in [-0.1, -0.05) is 30.9 Å². The standard InChI is InChI=1S/C16H21ClN2O/c17-13-7-8-15-14(11-13)18-16(19(15)9-4-10-20)12-5-2-1-3-6-12/h7-8,11-12,20H,1-6,9-10H2. The zero-order valence-corrected chi connectivity index (χ0v) is 12.4. The van der Waals surface area contributed by atoms with Crippen molar-refractivity contribution in [1.82, 2.24) is 9.55 Å². The molecule has 0 unspecified atom stereocenters. The molecule has 0 atom stereocenters. The molecule has 3 rings (SSSR count). The number of aryl methyl sites for hydroxylation is 1. The molecule has 0 aliphatic heterocycles. The van der Waals surface area contributed by atoms with E-state index in [2.05, 4.69) is 4.57 Å². The van der Waals surface area contributed by atoms with Crippen LogP contribution >= 0.6 is 11.6 Å². The topological polar surface area (TPSA) is 38.0 Å². The highest BCUT2D eigenvalue weighted by atomic mass is 35.5. The number of hydrogen-bond acceptors (Lipinski definition) is 2. The maximum absolute atomic E-state index is 9.13. The number of aromatic nitrogens is 2. The third-order valence-corrected chi connectivity index (χ3v) is 4.49. The Kier molecular flexibility index (Phi) is 4.27. The van der Waals surface area contributed by atoms with Gasteiger partial charge in [-0.2, -0.15) is 0 Å². The van der Waals surface area contributed by atoms with Crippen molar-refractivity contribution in [3.63, 3.8) is 0 Å². The van der Waals surface area contributed by atoms with Crippen molar-refractivity contribution in [2.45, 2.75) is 51.0 Å². The van der Waals surface area contributed by atoms with Gasteiger partial charge in [0, 0.05) is 24.1 Å². The van der Waals surface area contributed by atoms with Crippen molar-refractivity contribution in [2.24, 2.45) is 0 Å². The maximum Gasteiger partial charge on any atom is 0.112 e. The molecule has 0 radical (unpaired) electrons. The lowest BCUT2D eigenvalue weighted by Gasteiger charge is -2.22. The highest BCUT2D eigenvalue weighted by molar-refractivity contribution is 6.31. The van der Waals surface area contributed by atoms with E-state index in [1.807, 2.05) is 18.2 Å². The zero-order valence-electron chi connectivity index (χ0n) is 11.7. The average Bonchev–Trinajstić information content (AvgIpc) is 2.83. The lowest BCUT2D eigenvalue weighted by molar-refractivity contribution is 0.278. The Morgan fingerprint density at radius 1 is 1.25 bits per heavy atom. The minimum Gasteiger partial charge on any atom is -0.396 e. The Balaban J connectivity index is 2.03. The number of rotatable bonds is 4. The third kappa shape index (κ3) is 2.70. The number of fused-ring (bicyclic) bond motifs is 1. The van der Waals surface area contributed by atoms with Gasteiger partial charge < -0.3 is 9.67 Å². The Morgan fingerprint density at radius 3 is 2.80 bits per heavy atom. The highest BCUT2D eigenvalue weighted by Crippen LogP contribution is 2.34.